The molecule has 0 aliphatic carbocycles. The van der Waals surface area contributed by atoms with E-state index in [1.54, 1.807) is 18.2 Å². The molecule has 1 atom stereocenters. The first-order valence-corrected chi connectivity index (χ1v) is 8.60. The molecule has 2 N–H and O–H groups in total. The van der Waals surface area contributed by atoms with Gasteiger partial charge in [0, 0.05) is 18.7 Å². The monoisotopic (exact) mass is 346 g/mol. The molecule has 0 bridgehead atoms. The molecule has 1 aromatic heterocycles. The molecule has 1 aliphatic rings. The van der Waals surface area contributed by atoms with Crippen LogP contribution in [0.1, 0.15) is 35.9 Å². The Bertz CT molecular complexity index is 719. The quantitative estimate of drug-likeness (QED) is 0.807. The predicted octanol–water partition coefficient (Wildman–Crippen LogP) is 2.34. The summed E-state index contributed by atoms with van der Waals surface area (Å²) in [6, 6.07) is 7.98. The van der Waals surface area contributed by atoms with E-state index in [4.69, 9.17) is 4.74 Å². The number of carbonyl (C=O) groups is 1. The molecule has 1 unspecified atom stereocenters. The zero-order valence-corrected chi connectivity index (χ0v) is 14.3. The summed E-state index contributed by atoms with van der Waals surface area (Å²) in [5, 5.41) is 9.75. The van der Waals surface area contributed by atoms with Crippen LogP contribution in [0.5, 0.6) is 5.75 Å². The Morgan fingerprint density at radius 3 is 3.16 bits per heavy atom. The number of ether oxygens (including phenoxy) is 1. The van der Waals surface area contributed by atoms with Gasteiger partial charge in [0.25, 0.3) is 5.91 Å². The summed E-state index contributed by atoms with van der Waals surface area (Å²) in [7, 11) is 0. The van der Waals surface area contributed by atoms with E-state index < -0.39 is 0 Å². The third-order valence-electron chi connectivity index (χ3n) is 4.46. The van der Waals surface area contributed by atoms with E-state index in [1.165, 1.54) is 18.6 Å². The second kappa shape index (κ2) is 8.11. The van der Waals surface area contributed by atoms with Crippen LogP contribution in [0.15, 0.2) is 30.3 Å². The first-order valence-electron chi connectivity index (χ1n) is 8.60. The van der Waals surface area contributed by atoms with E-state index in [9.17, 15) is 9.18 Å². The van der Waals surface area contributed by atoms with E-state index in [1.807, 2.05) is 0 Å². The number of hydrogen-bond acceptors (Lipinski definition) is 4. The number of aromatic nitrogens is 2. The van der Waals surface area contributed by atoms with Crippen LogP contribution >= 0.6 is 0 Å². The number of amides is 1. The normalized spacial score (nSPS) is 17.6. The number of carbonyl (C=O) groups excluding carboxylic acids is 1. The lowest BCUT2D eigenvalue weighted by molar-refractivity contribution is 0.0936. The fourth-order valence-electron chi connectivity index (χ4n) is 3.11. The minimum atomic E-state index is -0.352. The molecule has 3 rings (SSSR count). The van der Waals surface area contributed by atoms with Gasteiger partial charge in [-0.25, -0.2) is 4.39 Å². The summed E-state index contributed by atoms with van der Waals surface area (Å²) in [4.78, 5) is 14.6. The third-order valence-corrected chi connectivity index (χ3v) is 4.46. The minimum Gasteiger partial charge on any atom is -0.487 e. The van der Waals surface area contributed by atoms with Crippen molar-refractivity contribution in [1.82, 2.24) is 20.4 Å². The summed E-state index contributed by atoms with van der Waals surface area (Å²) in [5.74, 6) is -0.118. The Morgan fingerprint density at radius 2 is 2.36 bits per heavy atom. The van der Waals surface area contributed by atoms with Gasteiger partial charge in [-0.3, -0.25) is 14.8 Å². The average molecular weight is 346 g/mol. The van der Waals surface area contributed by atoms with Gasteiger partial charge in [-0.15, -0.1) is 0 Å². The van der Waals surface area contributed by atoms with Crippen molar-refractivity contribution in [3.63, 3.8) is 0 Å². The van der Waals surface area contributed by atoms with E-state index in [0.29, 0.717) is 29.7 Å². The fraction of sp³-hybridized carbons (Fsp3) is 0.444. The van der Waals surface area contributed by atoms with Crippen molar-refractivity contribution >= 4 is 5.91 Å². The Labute approximate surface area is 146 Å². The van der Waals surface area contributed by atoms with Crippen molar-refractivity contribution in [3.05, 3.63) is 47.5 Å². The lowest BCUT2D eigenvalue weighted by atomic mass is 10.2. The smallest absolute Gasteiger partial charge is 0.271 e. The van der Waals surface area contributed by atoms with E-state index >= 15 is 0 Å². The van der Waals surface area contributed by atoms with Crippen molar-refractivity contribution in [2.45, 2.75) is 32.4 Å². The number of likely N-dealkylation sites (tertiary alicyclic amines) is 1. The van der Waals surface area contributed by atoms with Gasteiger partial charge in [-0.2, -0.15) is 5.10 Å². The highest BCUT2D eigenvalue weighted by molar-refractivity contribution is 5.92. The first kappa shape index (κ1) is 17.4. The van der Waals surface area contributed by atoms with Crippen LogP contribution in [0.25, 0.3) is 0 Å². The Balaban J connectivity index is 1.49. The highest BCUT2D eigenvalue weighted by Crippen LogP contribution is 2.16. The number of halogens is 1. The molecular weight excluding hydrogens is 323 g/mol. The molecule has 1 aliphatic heterocycles. The number of hydrogen-bond donors (Lipinski definition) is 2. The number of rotatable bonds is 7. The number of nitrogens with one attached hydrogen (secondary N) is 2. The summed E-state index contributed by atoms with van der Waals surface area (Å²) >= 11 is 0. The molecule has 1 saturated heterocycles. The van der Waals surface area contributed by atoms with Gasteiger partial charge in [0.1, 0.15) is 23.9 Å². The van der Waals surface area contributed by atoms with E-state index in [0.717, 1.165) is 19.5 Å². The van der Waals surface area contributed by atoms with Crippen molar-refractivity contribution in [2.24, 2.45) is 0 Å². The molecule has 0 spiro atoms. The Hall–Kier alpha value is -2.41. The largest absolute Gasteiger partial charge is 0.487 e. The first-order chi connectivity index (χ1) is 12.2. The molecule has 7 heteroatoms. The van der Waals surface area contributed by atoms with Crippen molar-refractivity contribution < 1.29 is 13.9 Å². The van der Waals surface area contributed by atoms with Gasteiger partial charge in [0.05, 0.1) is 5.69 Å². The molecular formula is C18H23FN4O2. The van der Waals surface area contributed by atoms with Crippen LogP contribution in [0, 0.1) is 5.82 Å². The van der Waals surface area contributed by atoms with Gasteiger partial charge in [-0.1, -0.05) is 13.0 Å². The zero-order chi connectivity index (χ0) is 17.6. The highest BCUT2D eigenvalue weighted by atomic mass is 19.1. The molecule has 2 heterocycles. The standard InChI is InChI=1S/C18H23FN4O2/c1-2-23-8-4-6-15(23)11-20-18(24)17-10-14(21-22-17)12-25-16-7-3-5-13(19)9-16/h3,5,7,9-10,15H,2,4,6,8,11-12H2,1H3,(H,20,24)(H,21,22). The molecule has 0 saturated carbocycles. The molecule has 1 fully saturated rings. The maximum atomic E-state index is 13.1. The van der Waals surface area contributed by atoms with Gasteiger partial charge >= 0.3 is 0 Å². The highest BCUT2D eigenvalue weighted by Gasteiger charge is 2.23. The maximum absolute atomic E-state index is 13.1. The zero-order valence-electron chi connectivity index (χ0n) is 14.3. The SMILES string of the molecule is CCN1CCCC1CNC(=O)c1cc(COc2cccc(F)c2)[nH]n1. The van der Waals surface area contributed by atoms with Crippen LogP contribution in [-0.4, -0.2) is 46.7 Å². The second-order valence-corrected chi connectivity index (χ2v) is 6.16. The second-order valence-electron chi connectivity index (χ2n) is 6.16. The summed E-state index contributed by atoms with van der Waals surface area (Å²) < 4.78 is 18.6. The molecule has 2 aromatic rings. The molecule has 1 aromatic carbocycles. The third kappa shape index (κ3) is 4.57. The molecule has 0 radical (unpaired) electrons. The number of likely N-dealkylation sites (N-methyl/N-ethyl adjacent to an activating group) is 1. The van der Waals surface area contributed by atoms with Crippen molar-refractivity contribution in [3.8, 4) is 5.75 Å². The number of H-pyrrole nitrogens is 1. The summed E-state index contributed by atoms with van der Waals surface area (Å²) in [6.07, 6.45) is 2.29. The van der Waals surface area contributed by atoms with E-state index in [-0.39, 0.29) is 18.3 Å². The summed E-state index contributed by atoms with van der Waals surface area (Å²) in [5.41, 5.74) is 0.990. The van der Waals surface area contributed by atoms with Crippen LogP contribution < -0.4 is 10.1 Å². The van der Waals surface area contributed by atoms with Crippen molar-refractivity contribution in [2.75, 3.05) is 19.6 Å². The topological polar surface area (TPSA) is 70.2 Å². The van der Waals surface area contributed by atoms with Gasteiger partial charge < -0.3 is 10.1 Å². The molecule has 25 heavy (non-hydrogen) atoms. The van der Waals surface area contributed by atoms with Gasteiger partial charge in [0.15, 0.2) is 0 Å². The number of nitrogens with zero attached hydrogens (tertiary/aromatic N) is 2. The average Bonchev–Trinajstić information content (AvgIpc) is 3.27. The van der Waals surface area contributed by atoms with Gasteiger partial charge in [-0.05, 0) is 44.1 Å². The predicted molar refractivity (Wildman–Crippen MR) is 91.9 cm³/mol. The fourth-order valence-corrected chi connectivity index (χ4v) is 3.11. The van der Waals surface area contributed by atoms with Crippen molar-refractivity contribution in [1.29, 1.82) is 0 Å². The van der Waals surface area contributed by atoms with Crippen LogP contribution in [0.3, 0.4) is 0 Å². The molecule has 134 valence electrons. The lowest BCUT2D eigenvalue weighted by Crippen LogP contribution is -2.40. The number of aromatic amines is 1. The molecule has 1 amide bonds. The Kier molecular flexibility index (Phi) is 5.65. The minimum absolute atomic E-state index is 0.190. The van der Waals surface area contributed by atoms with Gasteiger partial charge in [0.2, 0.25) is 0 Å². The number of benzene rings is 1. The Morgan fingerprint density at radius 1 is 1.48 bits per heavy atom. The summed E-state index contributed by atoms with van der Waals surface area (Å²) in [6.45, 7) is 5.06. The van der Waals surface area contributed by atoms with Crippen LogP contribution in [0.4, 0.5) is 4.39 Å². The van der Waals surface area contributed by atoms with Crippen LogP contribution in [-0.2, 0) is 6.61 Å². The lowest BCUT2D eigenvalue weighted by Gasteiger charge is -2.22. The van der Waals surface area contributed by atoms with E-state index in [2.05, 4.69) is 27.3 Å². The maximum Gasteiger partial charge on any atom is 0.271 e. The van der Waals surface area contributed by atoms with Crippen LogP contribution in [0.2, 0.25) is 0 Å². The molecule has 6 nitrogen and oxygen atoms in total.